The molecule has 0 aromatic heterocycles. The zero-order valence-electron chi connectivity index (χ0n) is 11.6. The Morgan fingerprint density at radius 1 is 1.41 bits per heavy atom. The van der Waals surface area contributed by atoms with Gasteiger partial charge in [-0.1, -0.05) is 50.6 Å². The van der Waals surface area contributed by atoms with Crippen LogP contribution in [0.25, 0.3) is 0 Å². The fraction of sp³-hybridized carbons (Fsp3) is 0.625. The van der Waals surface area contributed by atoms with E-state index in [9.17, 15) is 0 Å². The van der Waals surface area contributed by atoms with E-state index >= 15 is 0 Å². The van der Waals surface area contributed by atoms with Crippen LogP contribution in [-0.4, -0.2) is 13.1 Å². The SMILES string of the molecule is Cc1cccc(C2(C)CC2CNCC(C)C)c1. The van der Waals surface area contributed by atoms with E-state index in [1.807, 2.05) is 0 Å². The minimum absolute atomic E-state index is 0.427. The van der Waals surface area contributed by atoms with Crippen LogP contribution in [0.5, 0.6) is 0 Å². The van der Waals surface area contributed by atoms with E-state index in [0.717, 1.165) is 18.4 Å². The van der Waals surface area contributed by atoms with E-state index in [4.69, 9.17) is 0 Å². The van der Waals surface area contributed by atoms with Crippen molar-refractivity contribution in [1.29, 1.82) is 0 Å². The largest absolute Gasteiger partial charge is 0.316 e. The first-order valence-electron chi connectivity index (χ1n) is 6.80. The zero-order chi connectivity index (χ0) is 12.5. The molecule has 1 aliphatic carbocycles. The second-order valence-electron chi connectivity index (χ2n) is 6.24. The molecule has 94 valence electrons. The number of hydrogen-bond donors (Lipinski definition) is 1. The highest BCUT2D eigenvalue weighted by molar-refractivity contribution is 5.35. The van der Waals surface area contributed by atoms with Crippen molar-refractivity contribution in [1.82, 2.24) is 5.32 Å². The average molecular weight is 231 g/mol. The molecule has 2 unspecified atom stereocenters. The van der Waals surface area contributed by atoms with Gasteiger partial charge in [0.15, 0.2) is 0 Å². The molecule has 1 aliphatic rings. The third-order valence-corrected chi connectivity index (χ3v) is 4.03. The first-order chi connectivity index (χ1) is 8.02. The topological polar surface area (TPSA) is 12.0 Å². The Bertz CT molecular complexity index is 383. The molecule has 0 amide bonds. The van der Waals surface area contributed by atoms with Gasteiger partial charge in [0.1, 0.15) is 0 Å². The van der Waals surface area contributed by atoms with Crippen LogP contribution in [0, 0.1) is 18.8 Å². The second-order valence-corrected chi connectivity index (χ2v) is 6.24. The van der Waals surface area contributed by atoms with E-state index in [2.05, 4.69) is 57.3 Å². The summed E-state index contributed by atoms with van der Waals surface area (Å²) >= 11 is 0. The van der Waals surface area contributed by atoms with E-state index in [1.54, 1.807) is 0 Å². The van der Waals surface area contributed by atoms with Crippen LogP contribution in [0.3, 0.4) is 0 Å². The van der Waals surface area contributed by atoms with Gasteiger partial charge in [-0.3, -0.25) is 0 Å². The summed E-state index contributed by atoms with van der Waals surface area (Å²) in [6.45, 7) is 11.4. The third kappa shape index (κ3) is 2.90. The Morgan fingerprint density at radius 3 is 2.82 bits per heavy atom. The molecule has 1 saturated carbocycles. The van der Waals surface area contributed by atoms with Gasteiger partial charge >= 0.3 is 0 Å². The van der Waals surface area contributed by atoms with Gasteiger partial charge in [-0.15, -0.1) is 0 Å². The van der Waals surface area contributed by atoms with Gasteiger partial charge in [-0.2, -0.15) is 0 Å². The van der Waals surface area contributed by atoms with E-state index in [0.29, 0.717) is 5.41 Å². The molecule has 17 heavy (non-hydrogen) atoms. The van der Waals surface area contributed by atoms with Gasteiger partial charge in [0.25, 0.3) is 0 Å². The van der Waals surface area contributed by atoms with Crippen LogP contribution >= 0.6 is 0 Å². The Balaban J connectivity index is 1.91. The lowest BCUT2D eigenvalue weighted by molar-refractivity contribution is 0.515. The van der Waals surface area contributed by atoms with Gasteiger partial charge < -0.3 is 5.32 Å². The summed E-state index contributed by atoms with van der Waals surface area (Å²) in [5.41, 5.74) is 3.33. The van der Waals surface area contributed by atoms with E-state index < -0.39 is 0 Å². The molecule has 1 aromatic rings. The first kappa shape index (κ1) is 12.6. The van der Waals surface area contributed by atoms with Crippen molar-refractivity contribution in [3.05, 3.63) is 35.4 Å². The predicted molar refractivity (Wildman–Crippen MR) is 74.3 cm³/mol. The highest BCUT2D eigenvalue weighted by Crippen LogP contribution is 2.53. The fourth-order valence-corrected chi connectivity index (χ4v) is 2.65. The Kier molecular flexibility index (Phi) is 3.58. The molecule has 1 fully saturated rings. The van der Waals surface area contributed by atoms with Crippen LogP contribution in [0.4, 0.5) is 0 Å². The minimum atomic E-state index is 0.427. The molecule has 2 rings (SSSR count). The molecule has 0 radical (unpaired) electrons. The van der Waals surface area contributed by atoms with Crippen molar-refractivity contribution in [3.8, 4) is 0 Å². The number of hydrogen-bond acceptors (Lipinski definition) is 1. The summed E-state index contributed by atoms with van der Waals surface area (Å²) < 4.78 is 0. The summed E-state index contributed by atoms with van der Waals surface area (Å²) in [5, 5.41) is 3.59. The third-order valence-electron chi connectivity index (χ3n) is 4.03. The van der Waals surface area contributed by atoms with Gasteiger partial charge in [-0.25, -0.2) is 0 Å². The number of nitrogens with one attached hydrogen (secondary N) is 1. The van der Waals surface area contributed by atoms with Crippen molar-refractivity contribution < 1.29 is 0 Å². The molecular weight excluding hydrogens is 206 g/mol. The van der Waals surface area contributed by atoms with Crippen LogP contribution in [0.1, 0.15) is 38.3 Å². The van der Waals surface area contributed by atoms with Gasteiger partial charge in [0.2, 0.25) is 0 Å². The summed E-state index contributed by atoms with van der Waals surface area (Å²) in [6, 6.07) is 9.01. The molecule has 1 aromatic carbocycles. The monoisotopic (exact) mass is 231 g/mol. The summed E-state index contributed by atoms with van der Waals surface area (Å²) in [5.74, 6) is 1.57. The molecule has 0 saturated heterocycles. The van der Waals surface area contributed by atoms with Gasteiger partial charge in [-0.05, 0) is 49.2 Å². The predicted octanol–water partition coefficient (Wildman–Crippen LogP) is 3.52. The van der Waals surface area contributed by atoms with Crippen molar-refractivity contribution in [3.63, 3.8) is 0 Å². The Morgan fingerprint density at radius 2 is 2.18 bits per heavy atom. The maximum absolute atomic E-state index is 3.59. The first-order valence-corrected chi connectivity index (χ1v) is 6.80. The molecule has 1 nitrogen and oxygen atoms in total. The maximum Gasteiger partial charge on any atom is -0.00117 e. The molecular formula is C16H25N. The van der Waals surface area contributed by atoms with E-state index in [-0.39, 0.29) is 0 Å². The van der Waals surface area contributed by atoms with E-state index in [1.165, 1.54) is 24.1 Å². The zero-order valence-corrected chi connectivity index (χ0v) is 11.6. The smallest absolute Gasteiger partial charge is 0.00117 e. The maximum atomic E-state index is 3.59. The van der Waals surface area contributed by atoms with Gasteiger partial charge in [0, 0.05) is 0 Å². The van der Waals surface area contributed by atoms with Gasteiger partial charge in [0.05, 0.1) is 0 Å². The summed E-state index contributed by atoms with van der Waals surface area (Å²) in [6.07, 6.45) is 1.33. The van der Waals surface area contributed by atoms with Crippen LogP contribution in [0.2, 0.25) is 0 Å². The normalized spacial score (nSPS) is 27.5. The number of rotatable bonds is 5. The Hall–Kier alpha value is -0.820. The molecule has 1 N–H and O–H groups in total. The van der Waals surface area contributed by atoms with Crippen molar-refractivity contribution >= 4 is 0 Å². The second kappa shape index (κ2) is 4.81. The standard InChI is InChI=1S/C16H25N/c1-12(2)10-17-11-15-9-16(15,4)14-7-5-6-13(3)8-14/h5-8,12,15,17H,9-11H2,1-4H3. The van der Waals surface area contributed by atoms with Crippen LogP contribution in [0.15, 0.2) is 24.3 Å². The van der Waals surface area contributed by atoms with Crippen LogP contribution in [-0.2, 0) is 5.41 Å². The molecule has 2 atom stereocenters. The van der Waals surface area contributed by atoms with Crippen molar-refractivity contribution in [2.24, 2.45) is 11.8 Å². The molecule has 0 heterocycles. The van der Waals surface area contributed by atoms with Crippen molar-refractivity contribution in [2.45, 2.75) is 39.5 Å². The molecule has 1 heteroatoms. The molecule has 0 bridgehead atoms. The molecule has 0 spiro atoms. The quantitative estimate of drug-likeness (QED) is 0.817. The summed E-state index contributed by atoms with van der Waals surface area (Å²) in [4.78, 5) is 0. The molecule has 0 aliphatic heterocycles. The average Bonchev–Trinajstić information content (AvgIpc) is 2.91. The lowest BCUT2D eigenvalue weighted by Crippen LogP contribution is -2.24. The van der Waals surface area contributed by atoms with Crippen molar-refractivity contribution in [2.75, 3.05) is 13.1 Å². The highest BCUT2D eigenvalue weighted by atomic mass is 14.9. The fourth-order valence-electron chi connectivity index (χ4n) is 2.65. The summed E-state index contributed by atoms with van der Waals surface area (Å²) in [7, 11) is 0. The van der Waals surface area contributed by atoms with Crippen LogP contribution < -0.4 is 5.32 Å². The minimum Gasteiger partial charge on any atom is -0.316 e. The number of benzene rings is 1. The number of aryl methyl sites for hydroxylation is 1. The lowest BCUT2D eigenvalue weighted by atomic mass is 9.94. The highest BCUT2D eigenvalue weighted by Gasteiger charge is 2.50. The lowest BCUT2D eigenvalue weighted by Gasteiger charge is -2.14. The Labute approximate surface area is 106 Å².